The summed E-state index contributed by atoms with van der Waals surface area (Å²) in [5.74, 6) is -0.226. The number of aromatic carboxylic acids is 1. The Hall–Kier alpha value is -2.43. The zero-order chi connectivity index (χ0) is 15.4. The number of carboxylic acids is 1. The number of aryl methyl sites for hydroxylation is 2. The van der Waals surface area contributed by atoms with Crippen LogP contribution in [-0.4, -0.2) is 34.6 Å². The van der Waals surface area contributed by atoms with Gasteiger partial charge >= 0.3 is 5.97 Å². The second kappa shape index (κ2) is 6.35. The minimum absolute atomic E-state index is 0.354. The van der Waals surface area contributed by atoms with Crippen molar-refractivity contribution in [2.75, 3.05) is 18.5 Å². The third-order valence-electron chi connectivity index (χ3n) is 3.28. The summed E-state index contributed by atoms with van der Waals surface area (Å²) in [5.41, 5.74) is 3.03. The van der Waals surface area contributed by atoms with Gasteiger partial charge in [0.1, 0.15) is 0 Å². The van der Waals surface area contributed by atoms with E-state index in [2.05, 4.69) is 9.97 Å². The number of anilines is 1. The number of carboxylic acid groups (broad SMARTS) is 1. The molecule has 0 amide bonds. The summed E-state index contributed by atoms with van der Waals surface area (Å²) >= 11 is 0. The average molecular weight is 285 g/mol. The smallest absolute Gasteiger partial charge is 0.335 e. The summed E-state index contributed by atoms with van der Waals surface area (Å²) < 4.78 is 0. The molecule has 0 bridgehead atoms. The number of likely N-dealkylation sites (N-methyl/N-ethyl adjacent to an activating group) is 1. The Labute approximate surface area is 124 Å². The lowest BCUT2D eigenvalue weighted by molar-refractivity contribution is 0.0695. The van der Waals surface area contributed by atoms with Gasteiger partial charge in [-0.2, -0.15) is 0 Å². The summed E-state index contributed by atoms with van der Waals surface area (Å²) in [4.78, 5) is 21.9. The third-order valence-corrected chi connectivity index (χ3v) is 3.28. The van der Waals surface area contributed by atoms with E-state index >= 15 is 0 Å². The van der Waals surface area contributed by atoms with E-state index in [4.69, 9.17) is 0 Å². The molecule has 2 aromatic rings. The molecular weight excluding hydrogens is 266 g/mol. The lowest BCUT2D eigenvalue weighted by atomic mass is 10.0. The van der Waals surface area contributed by atoms with Crippen LogP contribution in [0.5, 0.6) is 0 Å². The molecule has 0 saturated heterocycles. The lowest BCUT2D eigenvalue weighted by Crippen LogP contribution is -2.23. The van der Waals surface area contributed by atoms with Gasteiger partial charge in [0, 0.05) is 25.0 Å². The van der Waals surface area contributed by atoms with Gasteiger partial charge in [0.15, 0.2) is 0 Å². The fraction of sp³-hybridized carbons (Fsp3) is 0.312. The number of hydrogen-bond donors (Lipinski definition) is 1. The van der Waals surface area contributed by atoms with E-state index in [0.717, 1.165) is 17.0 Å². The molecule has 5 heteroatoms. The molecule has 2 rings (SSSR count). The van der Waals surface area contributed by atoms with Crippen molar-refractivity contribution in [1.29, 1.82) is 0 Å². The van der Waals surface area contributed by atoms with Crippen molar-refractivity contribution < 1.29 is 9.90 Å². The molecular formula is C16H19N3O2. The van der Waals surface area contributed by atoms with Gasteiger partial charge in [-0.3, -0.25) is 0 Å². The Bertz CT molecular complexity index is 635. The Morgan fingerprint density at radius 3 is 2.43 bits per heavy atom. The van der Waals surface area contributed by atoms with Crippen LogP contribution >= 0.6 is 0 Å². The molecule has 0 fully saturated rings. The van der Waals surface area contributed by atoms with Crippen molar-refractivity contribution in [3.63, 3.8) is 0 Å². The van der Waals surface area contributed by atoms with Gasteiger partial charge in [-0.1, -0.05) is 18.2 Å². The lowest BCUT2D eigenvalue weighted by Gasteiger charge is -2.18. The van der Waals surface area contributed by atoms with Crippen molar-refractivity contribution in [2.45, 2.75) is 20.3 Å². The predicted molar refractivity (Wildman–Crippen MR) is 81.9 cm³/mol. The zero-order valence-electron chi connectivity index (χ0n) is 12.5. The van der Waals surface area contributed by atoms with Crippen molar-refractivity contribution in [1.82, 2.24) is 9.97 Å². The van der Waals surface area contributed by atoms with E-state index in [1.807, 2.05) is 44.0 Å². The number of hydrogen-bond acceptors (Lipinski definition) is 4. The topological polar surface area (TPSA) is 66.3 Å². The normalized spacial score (nSPS) is 10.4. The standard InChI is InChI=1S/C16H19N3O2/c1-11-10-12(2)18-16(17-11)19(3)9-8-13-6-4-5-7-14(13)15(20)21/h4-7,10H,8-9H2,1-3H3,(H,20,21). The summed E-state index contributed by atoms with van der Waals surface area (Å²) in [5, 5.41) is 9.18. The fourth-order valence-corrected chi connectivity index (χ4v) is 2.21. The van der Waals surface area contributed by atoms with Crippen molar-refractivity contribution in [2.24, 2.45) is 0 Å². The van der Waals surface area contributed by atoms with Crippen LogP contribution in [0.15, 0.2) is 30.3 Å². The van der Waals surface area contributed by atoms with Crippen LogP contribution in [0, 0.1) is 13.8 Å². The highest BCUT2D eigenvalue weighted by Crippen LogP contribution is 2.13. The van der Waals surface area contributed by atoms with Gasteiger partial charge in [0.05, 0.1) is 5.56 Å². The highest BCUT2D eigenvalue weighted by Gasteiger charge is 2.11. The molecule has 5 nitrogen and oxygen atoms in total. The average Bonchev–Trinajstić information content (AvgIpc) is 2.43. The monoisotopic (exact) mass is 285 g/mol. The van der Waals surface area contributed by atoms with Gasteiger partial charge in [-0.15, -0.1) is 0 Å². The first kappa shape index (κ1) is 15.0. The second-order valence-electron chi connectivity index (χ2n) is 5.08. The maximum absolute atomic E-state index is 11.2. The van der Waals surface area contributed by atoms with Crippen LogP contribution in [-0.2, 0) is 6.42 Å². The molecule has 0 radical (unpaired) electrons. The minimum atomic E-state index is -0.893. The number of benzene rings is 1. The maximum Gasteiger partial charge on any atom is 0.335 e. The van der Waals surface area contributed by atoms with Crippen molar-refractivity contribution in [3.05, 3.63) is 52.8 Å². The number of nitrogens with zero attached hydrogens (tertiary/aromatic N) is 3. The first-order valence-electron chi connectivity index (χ1n) is 6.82. The summed E-state index contributed by atoms with van der Waals surface area (Å²) in [7, 11) is 1.91. The molecule has 21 heavy (non-hydrogen) atoms. The first-order valence-corrected chi connectivity index (χ1v) is 6.82. The summed E-state index contributed by atoms with van der Waals surface area (Å²) in [6, 6.07) is 9.00. The van der Waals surface area contributed by atoms with E-state index in [-0.39, 0.29) is 0 Å². The maximum atomic E-state index is 11.2. The molecule has 0 aliphatic rings. The van der Waals surface area contributed by atoms with Gasteiger partial charge in [0.25, 0.3) is 0 Å². The molecule has 1 heterocycles. The second-order valence-corrected chi connectivity index (χ2v) is 5.08. The summed E-state index contributed by atoms with van der Waals surface area (Å²) in [6.07, 6.45) is 0.634. The van der Waals surface area contributed by atoms with E-state index in [0.29, 0.717) is 24.5 Å². The molecule has 0 atom stereocenters. The Morgan fingerprint density at radius 1 is 1.19 bits per heavy atom. The van der Waals surface area contributed by atoms with Crippen LogP contribution < -0.4 is 4.90 Å². The molecule has 1 aromatic carbocycles. The van der Waals surface area contributed by atoms with E-state index in [1.165, 1.54) is 0 Å². The van der Waals surface area contributed by atoms with E-state index in [9.17, 15) is 9.90 Å². The Morgan fingerprint density at radius 2 is 1.81 bits per heavy atom. The van der Waals surface area contributed by atoms with Gasteiger partial charge in [0.2, 0.25) is 5.95 Å². The third kappa shape index (κ3) is 3.78. The van der Waals surface area contributed by atoms with Gasteiger partial charge in [-0.25, -0.2) is 14.8 Å². The quantitative estimate of drug-likeness (QED) is 0.914. The summed E-state index contributed by atoms with van der Waals surface area (Å²) in [6.45, 7) is 4.53. The molecule has 0 aliphatic carbocycles. The molecule has 0 spiro atoms. The SMILES string of the molecule is Cc1cc(C)nc(N(C)CCc2ccccc2C(=O)O)n1. The van der Waals surface area contributed by atoms with Crippen LogP contribution in [0.25, 0.3) is 0 Å². The number of rotatable bonds is 5. The van der Waals surface area contributed by atoms with Crippen LogP contribution in [0.1, 0.15) is 27.3 Å². The molecule has 0 saturated carbocycles. The Kier molecular flexibility index (Phi) is 4.52. The van der Waals surface area contributed by atoms with Crippen molar-refractivity contribution >= 4 is 11.9 Å². The molecule has 0 unspecified atom stereocenters. The van der Waals surface area contributed by atoms with Gasteiger partial charge < -0.3 is 10.0 Å². The van der Waals surface area contributed by atoms with E-state index < -0.39 is 5.97 Å². The number of carbonyl (C=O) groups is 1. The predicted octanol–water partition coefficient (Wildman–Crippen LogP) is 2.47. The van der Waals surface area contributed by atoms with Crippen LogP contribution in [0.3, 0.4) is 0 Å². The largest absolute Gasteiger partial charge is 0.478 e. The molecule has 1 N–H and O–H groups in total. The molecule has 1 aromatic heterocycles. The van der Waals surface area contributed by atoms with Crippen LogP contribution in [0.4, 0.5) is 5.95 Å². The molecule has 0 aliphatic heterocycles. The fourth-order valence-electron chi connectivity index (χ4n) is 2.21. The van der Waals surface area contributed by atoms with Crippen LogP contribution in [0.2, 0.25) is 0 Å². The zero-order valence-corrected chi connectivity index (χ0v) is 12.5. The van der Waals surface area contributed by atoms with Gasteiger partial charge in [-0.05, 0) is 38.0 Å². The highest BCUT2D eigenvalue weighted by atomic mass is 16.4. The van der Waals surface area contributed by atoms with Crippen molar-refractivity contribution in [3.8, 4) is 0 Å². The highest BCUT2D eigenvalue weighted by molar-refractivity contribution is 5.89. The number of aromatic nitrogens is 2. The Balaban J connectivity index is 2.11. The molecule has 110 valence electrons. The first-order chi connectivity index (χ1) is 9.97. The minimum Gasteiger partial charge on any atom is -0.478 e. The van der Waals surface area contributed by atoms with E-state index in [1.54, 1.807) is 12.1 Å².